The highest BCUT2D eigenvalue weighted by molar-refractivity contribution is 5.37. The molecule has 0 saturated carbocycles. The predicted molar refractivity (Wildman–Crippen MR) is 71.2 cm³/mol. The van der Waals surface area contributed by atoms with Gasteiger partial charge in [-0.25, -0.2) is 0 Å². The molecule has 2 rings (SSSR count). The van der Waals surface area contributed by atoms with Gasteiger partial charge in [-0.05, 0) is 56.4 Å². The van der Waals surface area contributed by atoms with Crippen molar-refractivity contribution in [1.82, 2.24) is 0 Å². The van der Waals surface area contributed by atoms with Crippen molar-refractivity contribution >= 4 is 0 Å². The minimum atomic E-state index is 0.0809. The SMILES string of the molecule is Cc1cc(C(C)N)ccc1OC1C=CCCC1. The Bertz CT molecular complexity index is 409. The van der Waals surface area contributed by atoms with Crippen LogP contribution < -0.4 is 10.5 Å². The van der Waals surface area contributed by atoms with Gasteiger partial charge in [0, 0.05) is 6.04 Å². The van der Waals surface area contributed by atoms with Gasteiger partial charge in [-0.1, -0.05) is 18.2 Å². The second-order valence-electron chi connectivity index (χ2n) is 4.83. The molecular weight excluding hydrogens is 210 g/mol. The van der Waals surface area contributed by atoms with E-state index in [9.17, 15) is 0 Å². The molecule has 0 aromatic heterocycles. The van der Waals surface area contributed by atoms with Gasteiger partial charge in [0.2, 0.25) is 0 Å². The molecule has 1 aromatic carbocycles. The van der Waals surface area contributed by atoms with Gasteiger partial charge in [0.25, 0.3) is 0 Å². The van der Waals surface area contributed by atoms with Crippen LogP contribution in [0.15, 0.2) is 30.4 Å². The lowest BCUT2D eigenvalue weighted by atomic mass is 10.0. The summed E-state index contributed by atoms with van der Waals surface area (Å²) in [6.45, 7) is 4.08. The van der Waals surface area contributed by atoms with Gasteiger partial charge in [0.1, 0.15) is 11.9 Å². The molecule has 1 aliphatic carbocycles. The molecule has 0 aliphatic heterocycles. The van der Waals surface area contributed by atoms with Crippen molar-refractivity contribution < 1.29 is 4.74 Å². The molecule has 92 valence electrons. The number of aryl methyl sites for hydroxylation is 1. The predicted octanol–water partition coefficient (Wildman–Crippen LogP) is 3.50. The molecular formula is C15H21NO. The molecule has 0 radical (unpaired) electrons. The number of rotatable bonds is 3. The standard InChI is InChI=1S/C15H21NO/c1-11-10-13(12(2)16)8-9-15(11)17-14-6-4-3-5-7-14/h4,6,8-10,12,14H,3,5,7,16H2,1-2H3. The Hall–Kier alpha value is -1.28. The first kappa shape index (κ1) is 12.2. The monoisotopic (exact) mass is 231 g/mol. The summed E-state index contributed by atoms with van der Waals surface area (Å²) in [6.07, 6.45) is 8.14. The van der Waals surface area contributed by atoms with Gasteiger partial charge in [-0.15, -0.1) is 0 Å². The molecule has 2 heteroatoms. The third-order valence-electron chi connectivity index (χ3n) is 3.21. The minimum Gasteiger partial charge on any atom is -0.486 e. The number of benzene rings is 1. The summed E-state index contributed by atoms with van der Waals surface area (Å²) >= 11 is 0. The van der Waals surface area contributed by atoms with Crippen LogP contribution in [-0.2, 0) is 0 Å². The average molecular weight is 231 g/mol. The first-order chi connectivity index (χ1) is 8.16. The molecule has 2 atom stereocenters. The van der Waals surface area contributed by atoms with Gasteiger partial charge in [0.05, 0.1) is 0 Å². The third-order valence-corrected chi connectivity index (χ3v) is 3.21. The van der Waals surface area contributed by atoms with Crippen LogP contribution in [0.4, 0.5) is 0 Å². The molecule has 0 heterocycles. The Morgan fingerprint density at radius 1 is 1.41 bits per heavy atom. The van der Waals surface area contributed by atoms with E-state index >= 15 is 0 Å². The van der Waals surface area contributed by atoms with Crippen molar-refractivity contribution in [3.63, 3.8) is 0 Å². The fourth-order valence-electron chi connectivity index (χ4n) is 2.13. The number of nitrogens with two attached hydrogens (primary N) is 1. The Kier molecular flexibility index (Phi) is 3.85. The minimum absolute atomic E-state index is 0.0809. The Labute approximate surface area is 103 Å². The molecule has 1 aromatic rings. The average Bonchev–Trinajstić information content (AvgIpc) is 2.33. The van der Waals surface area contributed by atoms with E-state index in [0.717, 1.165) is 17.7 Å². The second-order valence-corrected chi connectivity index (χ2v) is 4.83. The lowest BCUT2D eigenvalue weighted by Gasteiger charge is -2.20. The molecule has 2 N–H and O–H groups in total. The van der Waals surface area contributed by atoms with Crippen LogP contribution in [0.2, 0.25) is 0 Å². The molecule has 0 fully saturated rings. The Morgan fingerprint density at radius 3 is 2.82 bits per heavy atom. The summed E-state index contributed by atoms with van der Waals surface area (Å²) < 4.78 is 5.99. The van der Waals surface area contributed by atoms with Crippen LogP contribution in [0.5, 0.6) is 5.75 Å². The maximum absolute atomic E-state index is 5.99. The van der Waals surface area contributed by atoms with Crippen molar-refractivity contribution in [2.24, 2.45) is 5.73 Å². The van der Waals surface area contributed by atoms with Crippen molar-refractivity contribution in [2.75, 3.05) is 0 Å². The van der Waals surface area contributed by atoms with Crippen molar-refractivity contribution in [3.8, 4) is 5.75 Å². The van der Waals surface area contributed by atoms with Gasteiger partial charge < -0.3 is 10.5 Å². The summed E-state index contributed by atoms with van der Waals surface area (Å²) in [4.78, 5) is 0. The van der Waals surface area contributed by atoms with Crippen molar-refractivity contribution in [3.05, 3.63) is 41.5 Å². The summed E-state index contributed by atoms with van der Waals surface area (Å²) in [5.74, 6) is 0.978. The maximum atomic E-state index is 5.99. The quantitative estimate of drug-likeness (QED) is 0.808. The number of hydrogen-bond donors (Lipinski definition) is 1. The highest BCUT2D eigenvalue weighted by atomic mass is 16.5. The van der Waals surface area contributed by atoms with E-state index in [1.54, 1.807) is 0 Å². The topological polar surface area (TPSA) is 35.2 Å². The fourth-order valence-corrected chi connectivity index (χ4v) is 2.13. The first-order valence-electron chi connectivity index (χ1n) is 6.36. The lowest BCUT2D eigenvalue weighted by Crippen LogP contribution is -2.16. The van der Waals surface area contributed by atoms with Crippen LogP contribution in [0.3, 0.4) is 0 Å². The van der Waals surface area contributed by atoms with Crippen LogP contribution in [0, 0.1) is 6.92 Å². The molecule has 2 nitrogen and oxygen atoms in total. The van der Waals surface area contributed by atoms with Crippen LogP contribution in [0.25, 0.3) is 0 Å². The van der Waals surface area contributed by atoms with Crippen LogP contribution in [-0.4, -0.2) is 6.10 Å². The van der Waals surface area contributed by atoms with Gasteiger partial charge in [0.15, 0.2) is 0 Å². The highest BCUT2D eigenvalue weighted by Crippen LogP contribution is 2.25. The van der Waals surface area contributed by atoms with E-state index in [4.69, 9.17) is 10.5 Å². The zero-order valence-corrected chi connectivity index (χ0v) is 10.6. The summed E-state index contributed by atoms with van der Waals surface area (Å²) in [7, 11) is 0. The third kappa shape index (κ3) is 3.10. The summed E-state index contributed by atoms with van der Waals surface area (Å²) in [5, 5.41) is 0. The maximum Gasteiger partial charge on any atom is 0.123 e. The van der Waals surface area contributed by atoms with E-state index < -0.39 is 0 Å². The zero-order valence-electron chi connectivity index (χ0n) is 10.6. The molecule has 0 saturated heterocycles. The smallest absolute Gasteiger partial charge is 0.123 e. The normalized spacial score (nSPS) is 21.2. The van der Waals surface area contributed by atoms with Crippen molar-refractivity contribution in [1.29, 1.82) is 0 Å². The van der Waals surface area contributed by atoms with Crippen molar-refractivity contribution in [2.45, 2.75) is 45.3 Å². The molecule has 17 heavy (non-hydrogen) atoms. The summed E-state index contributed by atoms with van der Waals surface area (Å²) in [6, 6.07) is 6.29. The van der Waals surface area contributed by atoms with E-state index in [1.165, 1.54) is 18.4 Å². The number of allylic oxidation sites excluding steroid dienone is 1. The fraction of sp³-hybridized carbons (Fsp3) is 0.467. The Morgan fingerprint density at radius 2 is 2.24 bits per heavy atom. The molecule has 0 spiro atoms. The van der Waals surface area contributed by atoms with E-state index in [-0.39, 0.29) is 12.1 Å². The molecule has 0 amide bonds. The first-order valence-corrected chi connectivity index (χ1v) is 6.36. The summed E-state index contributed by atoms with van der Waals surface area (Å²) in [5.41, 5.74) is 8.19. The zero-order chi connectivity index (χ0) is 12.3. The Balaban J connectivity index is 2.10. The number of hydrogen-bond acceptors (Lipinski definition) is 2. The largest absolute Gasteiger partial charge is 0.486 e. The van der Waals surface area contributed by atoms with Gasteiger partial charge >= 0.3 is 0 Å². The van der Waals surface area contributed by atoms with Crippen LogP contribution >= 0.6 is 0 Å². The van der Waals surface area contributed by atoms with Gasteiger partial charge in [-0.2, -0.15) is 0 Å². The number of ether oxygens (including phenoxy) is 1. The second kappa shape index (κ2) is 5.37. The van der Waals surface area contributed by atoms with E-state index in [0.29, 0.717) is 0 Å². The highest BCUT2D eigenvalue weighted by Gasteiger charge is 2.11. The van der Waals surface area contributed by atoms with E-state index in [1.807, 2.05) is 13.0 Å². The molecule has 1 aliphatic rings. The van der Waals surface area contributed by atoms with Crippen LogP contribution in [0.1, 0.15) is 43.4 Å². The molecule has 2 unspecified atom stereocenters. The van der Waals surface area contributed by atoms with E-state index in [2.05, 4.69) is 31.2 Å². The van der Waals surface area contributed by atoms with Gasteiger partial charge in [-0.3, -0.25) is 0 Å². The lowest BCUT2D eigenvalue weighted by molar-refractivity contribution is 0.228. The molecule has 0 bridgehead atoms.